The fourth-order valence-electron chi connectivity index (χ4n) is 4.17. The quantitative estimate of drug-likeness (QED) is 0.115. The van der Waals surface area contributed by atoms with E-state index in [-0.39, 0.29) is 22.9 Å². The highest BCUT2D eigenvalue weighted by molar-refractivity contribution is 5.54. The van der Waals surface area contributed by atoms with Crippen LogP contribution in [0.1, 0.15) is 23.2 Å². The number of anilines is 2. The van der Waals surface area contributed by atoms with Gasteiger partial charge in [-0.3, -0.25) is 0 Å². The molecule has 0 fully saturated rings. The molecule has 4 rings (SSSR count). The highest BCUT2D eigenvalue weighted by Crippen LogP contribution is 2.42. The molecule has 14 heteroatoms. The van der Waals surface area contributed by atoms with Gasteiger partial charge in [-0.05, 0) is 48.5 Å². The maximum atomic E-state index is 15.2. The van der Waals surface area contributed by atoms with Gasteiger partial charge in [0.05, 0.1) is 37.4 Å². The topological polar surface area (TPSA) is 42.5 Å². The Kier molecular flexibility index (Phi) is 8.73. The Morgan fingerprint density at radius 2 is 0.643 bits per heavy atom. The Balaban J connectivity index is 2.04. The summed E-state index contributed by atoms with van der Waals surface area (Å²) in [5.41, 5.74) is -3.57. The Bertz CT molecular complexity index is 1440. The highest BCUT2D eigenvalue weighted by atomic mass is 19.2. The van der Waals surface area contributed by atoms with Crippen LogP contribution in [0.2, 0.25) is 0 Å². The Labute approximate surface area is 231 Å². The normalized spacial score (nSPS) is 12.6. The minimum absolute atomic E-state index is 0.129. The molecule has 0 aromatic heterocycles. The van der Waals surface area contributed by atoms with Crippen molar-refractivity contribution in [2.75, 3.05) is 24.9 Å². The maximum absolute atomic E-state index is 15.2. The number of ether oxygens (including phenoxy) is 2. The molecular formula is C28H18F10N2O2. The van der Waals surface area contributed by atoms with Gasteiger partial charge in [-0.25, -0.2) is 43.9 Å². The SMILES string of the molecule is COc1ccc(N[C@@H](c2c(F)c(F)c(F)c(F)c2F)[C@@H](Nc2ccc(OC)cc2)c2c(F)c(F)c(F)c(F)c2F)cc1. The Morgan fingerprint density at radius 3 is 0.881 bits per heavy atom. The summed E-state index contributed by atoms with van der Waals surface area (Å²) in [5.74, 6) is -23.8. The molecule has 0 aliphatic heterocycles. The Morgan fingerprint density at radius 1 is 0.405 bits per heavy atom. The Hall–Kier alpha value is -4.62. The van der Waals surface area contributed by atoms with Crippen LogP contribution >= 0.6 is 0 Å². The van der Waals surface area contributed by atoms with E-state index >= 15 is 17.6 Å². The molecule has 0 aliphatic carbocycles. The van der Waals surface area contributed by atoms with Gasteiger partial charge in [0.1, 0.15) is 11.5 Å². The van der Waals surface area contributed by atoms with Crippen molar-refractivity contribution in [2.45, 2.75) is 12.1 Å². The van der Waals surface area contributed by atoms with Gasteiger partial charge in [0.25, 0.3) is 0 Å². The van der Waals surface area contributed by atoms with Crippen molar-refractivity contribution >= 4 is 11.4 Å². The van der Waals surface area contributed by atoms with E-state index in [1.807, 2.05) is 0 Å². The van der Waals surface area contributed by atoms with Gasteiger partial charge in [-0.1, -0.05) is 0 Å². The first-order valence-electron chi connectivity index (χ1n) is 11.7. The molecule has 0 unspecified atom stereocenters. The summed E-state index contributed by atoms with van der Waals surface area (Å²) in [6.45, 7) is 0. The summed E-state index contributed by atoms with van der Waals surface area (Å²) in [4.78, 5) is 0. The van der Waals surface area contributed by atoms with Crippen molar-refractivity contribution in [1.29, 1.82) is 0 Å². The van der Waals surface area contributed by atoms with Crippen LogP contribution in [0.4, 0.5) is 55.3 Å². The molecule has 0 aliphatic rings. The molecule has 2 N–H and O–H groups in total. The van der Waals surface area contributed by atoms with Gasteiger partial charge >= 0.3 is 0 Å². The maximum Gasteiger partial charge on any atom is 0.200 e. The van der Waals surface area contributed by atoms with Crippen LogP contribution in [-0.4, -0.2) is 14.2 Å². The van der Waals surface area contributed by atoms with Crippen LogP contribution in [0.5, 0.6) is 11.5 Å². The van der Waals surface area contributed by atoms with E-state index in [4.69, 9.17) is 9.47 Å². The molecule has 0 saturated heterocycles. The van der Waals surface area contributed by atoms with Crippen LogP contribution in [0, 0.1) is 58.2 Å². The summed E-state index contributed by atoms with van der Waals surface area (Å²) < 4.78 is 156. The molecule has 222 valence electrons. The van der Waals surface area contributed by atoms with E-state index in [0.29, 0.717) is 0 Å². The van der Waals surface area contributed by atoms with Crippen LogP contribution in [0.15, 0.2) is 48.5 Å². The lowest BCUT2D eigenvalue weighted by Gasteiger charge is -2.32. The molecule has 4 aromatic rings. The lowest BCUT2D eigenvalue weighted by Crippen LogP contribution is -2.31. The van der Waals surface area contributed by atoms with E-state index < -0.39 is 81.4 Å². The molecule has 0 spiro atoms. The fourth-order valence-corrected chi connectivity index (χ4v) is 4.17. The third-order valence-corrected chi connectivity index (χ3v) is 6.27. The third kappa shape index (κ3) is 5.48. The number of nitrogens with one attached hydrogen (secondary N) is 2. The molecule has 4 nitrogen and oxygen atoms in total. The second kappa shape index (κ2) is 12.1. The number of benzene rings is 4. The monoisotopic (exact) mass is 604 g/mol. The van der Waals surface area contributed by atoms with Gasteiger partial charge < -0.3 is 20.1 Å². The molecule has 0 amide bonds. The van der Waals surface area contributed by atoms with E-state index in [0.717, 1.165) is 0 Å². The lowest BCUT2D eigenvalue weighted by atomic mass is 9.90. The molecular weight excluding hydrogens is 586 g/mol. The molecule has 4 aromatic carbocycles. The first kappa shape index (κ1) is 30.3. The molecule has 0 saturated carbocycles. The van der Waals surface area contributed by atoms with Gasteiger partial charge in [-0.2, -0.15) is 0 Å². The molecule has 0 radical (unpaired) electrons. The fraction of sp³-hybridized carbons (Fsp3) is 0.143. The predicted molar refractivity (Wildman–Crippen MR) is 131 cm³/mol. The van der Waals surface area contributed by atoms with Gasteiger partial charge in [0.15, 0.2) is 46.5 Å². The summed E-state index contributed by atoms with van der Waals surface area (Å²) in [6.07, 6.45) is 0. The predicted octanol–water partition coefficient (Wildman–Crippen LogP) is 8.10. The van der Waals surface area contributed by atoms with Gasteiger partial charge in [0.2, 0.25) is 11.6 Å². The number of halogens is 10. The van der Waals surface area contributed by atoms with Crippen LogP contribution in [0.25, 0.3) is 0 Å². The van der Waals surface area contributed by atoms with Crippen molar-refractivity contribution in [1.82, 2.24) is 0 Å². The van der Waals surface area contributed by atoms with Crippen molar-refractivity contribution in [3.63, 3.8) is 0 Å². The van der Waals surface area contributed by atoms with Crippen LogP contribution in [0.3, 0.4) is 0 Å². The average Bonchev–Trinajstić information content (AvgIpc) is 3.00. The number of rotatable bonds is 9. The van der Waals surface area contributed by atoms with Crippen molar-refractivity contribution in [2.24, 2.45) is 0 Å². The van der Waals surface area contributed by atoms with E-state index in [1.165, 1.54) is 62.8 Å². The van der Waals surface area contributed by atoms with Crippen molar-refractivity contribution in [3.05, 3.63) is 118 Å². The van der Waals surface area contributed by atoms with Crippen molar-refractivity contribution in [3.8, 4) is 11.5 Å². The largest absolute Gasteiger partial charge is 0.497 e. The highest BCUT2D eigenvalue weighted by Gasteiger charge is 2.40. The number of hydrogen-bond acceptors (Lipinski definition) is 4. The second-order valence-electron chi connectivity index (χ2n) is 8.67. The lowest BCUT2D eigenvalue weighted by molar-refractivity contribution is 0.351. The summed E-state index contributed by atoms with van der Waals surface area (Å²) in [7, 11) is 2.61. The van der Waals surface area contributed by atoms with E-state index in [9.17, 15) is 26.3 Å². The minimum atomic E-state index is -2.53. The zero-order chi connectivity index (χ0) is 30.9. The molecule has 42 heavy (non-hydrogen) atoms. The smallest absolute Gasteiger partial charge is 0.200 e. The summed E-state index contributed by atoms with van der Waals surface area (Å²) >= 11 is 0. The number of hydrogen-bond donors (Lipinski definition) is 2. The first-order valence-corrected chi connectivity index (χ1v) is 11.7. The van der Waals surface area contributed by atoms with Gasteiger partial charge in [-0.15, -0.1) is 0 Å². The van der Waals surface area contributed by atoms with E-state index in [1.54, 1.807) is 0 Å². The molecule has 0 bridgehead atoms. The summed E-state index contributed by atoms with van der Waals surface area (Å²) in [5, 5.41) is 4.80. The standard InChI is InChI=1S/C28H18F10N2O2/c1-41-13-7-3-11(4-8-13)39-27(15-17(29)21(33)25(37)22(34)18(15)30)28(40-12-5-9-14(42-2)10-6-12)16-19(31)23(35)26(38)24(36)20(16)32/h3-10,27-28,39-40H,1-2H3/t27-,28-/m0/s1. The third-order valence-electron chi connectivity index (χ3n) is 6.27. The van der Waals surface area contributed by atoms with Gasteiger partial charge in [0, 0.05) is 11.4 Å². The minimum Gasteiger partial charge on any atom is -0.497 e. The first-order chi connectivity index (χ1) is 19.9. The summed E-state index contributed by atoms with van der Waals surface area (Å²) in [6, 6.07) is 5.26. The molecule has 2 atom stereocenters. The van der Waals surface area contributed by atoms with Crippen LogP contribution in [-0.2, 0) is 0 Å². The average molecular weight is 604 g/mol. The van der Waals surface area contributed by atoms with E-state index in [2.05, 4.69) is 10.6 Å². The second-order valence-corrected chi connectivity index (χ2v) is 8.67. The van der Waals surface area contributed by atoms with Crippen LogP contribution < -0.4 is 20.1 Å². The van der Waals surface area contributed by atoms with Crippen molar-refractivity contribution < 1.29 is 53.4 Å². The zero-order valence-corrected chi connectivity index (χ0v) is 21.4. The zero-order valence-electron chi connectivity index (χ0n) is 21.4. The number of methoxy groups -OCH3 is 2. The molecule has 0 heterocycles.